The van der Waals surface area contributed by atoms with E-state index in [2.05, 4.69) is 124 Å². The van der Waals surface area contributed by atoms with Crippen molar-refractivity contribution in [3.8, 4) is 0 Å². The van der Waals surface area contributed by atoms with Crippen LogP contribution in [0.25, 0.3) is 0 Å². The summed E-state index contributed by atoms with van der Waals surface area (Å²) in [6, 6.07) is 0. The minimum Gasteiger partial charge on any atom is -0.462 e. The van der Waals surface area contributed by atoms with Crippen LogP contribution in [-0.4, -0.2) is 37.2 Å². The number of unbranched alkanes of at least 4 members (excludes halogenated alkanes) is 31. The maximum Gasteiger partial charge on any atom is 0.306 e. The summed E-state index contributed by atoms with van der Waals surface area (Å²) < 4.78 is 16.9. The first kappa shape index (κ1) is 75.1. The lowest BCUT2D eigenvalue weighted by Gasteiger charge is -2.18. The monoisotopic (exact) mass is 1100 g/mol. The zero-order valence-corrected chi connectivity index (χ0v) is 51.9. The molecule has 6 heteroatoms. The highest BCUT2D eigenvalue weighted by Crippen LogP contribution is 2.16. The van der Waals surface area contributed by atoms with Gasteiger partial charge in [0.1, 0.15) is 13.2 Å². The van der Waals surface area contributed by atoms with Crippen LogP contribution in [0, 0.1) is 0 Å². The molecule has 0 saturated carbocycles. The average Bonchev–Trinajstić information content (AvgIpc) is 3.45. The number of carbonyl (C=O) groups excluding carboxylic acids is 3. The standard InChI is InChI=1S/C73H124O6/c1-4-7-10-13-16-19-22-25-27-29-31-33-34-35-36-37-38-40-41-43-45-48-51-54-57-60-63-66-72(75)78-69-70(68-77-71(74)65-62-59-56-53-50-47-24-21-18-15-12-9-6-3)79-73(76)67-64-61-58-55-52-49-46-44-42-39-32-30-28-26-23-20-17-14-11-8-5-2/h9,12,18,21-23,25-26,29-32,34-35,47,50,56,59,70H,4-8,10-11,13-17,19-20,24,27-28,33,36-46,48-49,51-55,57-58,60-69H2,1-3H3/b12-9-,21-18-,25-22-,26-23-,31-29-,32-30-,35-34-,50-47-,59-56-. The van der Waals surface area contributed by atoms with E-state index in [1.54, 1.807) is 0 Å². The molecule has 6 nitrogen and oxygen atoms in total. The Kier molecular flexibility index (Phi) is 63.3. The second-order valence-corrected chi connectivity index (χ2v) is 22.0. The third-order valence-corrected chi connectivity index (χ3v) is 14.2. The summed E-state index contributed by atoms with van der Waals surface area (Å²) in [6.07, 6.45) is 91.2. The topological polar surface area (TPSA) is 78.9 Å². The molecule has 0 aromatic heterocycles. The number of rotatable bonds is 60. The van der Waals surface area contributed by atoms with Gasteiger partial charge in [-0.3, -0.25) is 14.4 Å². The van der Waals surface area contributed by atoms with Gasteiger partial charge in [-0.1, -0.05) is 291 Å². The van der Waals surface area contributed by atoms with Crippen LogP contribution in [0.15, 0.2) is 109 Å². The third kappa shape index (κ3) is 64.8. The Morgan fingerprint density at radius 3 is 0.848 bits per heavy atom. The Bertz CT molecular complexity index is 1590. The first-order valence-electron chi connectivity index (χ1n) is 33.4. The Morgan fingerprint density at radius 2 is 0.519 bits per heavy atom. The van der Waals surface area contributed by atoms with Gasteiger partial charge >= 0.3 is 17.9 Å². The van der Waals surface area contributed by atoms with Gasteiger partial charge in [-0.05, 0) is 116 Å². The molecule has 1 unspecified atom stereocenters. The number of esters is 3. The van der Waals surface area contributed by atoms with Crippen molar-refractivity contribution in [2.45, 2.75) is 322 Å². The van der Waals surface area contributed by atoms with Gasteiger partial charge in [0.25, 0.3) is 0 Å². The molecule has 0 heterocycles. The number of allylic oxidation sites excluding steroid dienone is 18. The van der Waals surface area contributed by atoms with Crippen LogP contribution < -0.4 is 0 Å². The molecule has 0 spiro atoms. The van der Waals surface area contributed by atoms with Crippen molar-refractivity contribution < 1.29 is 28.6 Å². The predicted molar refractivity (Wildman–Crippen MR) is 343 cm³/mol. The normalized spacial score (nSPS) is 12.8. The molecule has 0 amide bonds. The lowest BCUT2D eigenvalue weighted by Crippen LogP contribution is -2.30. The highest BCUT2D eigenvalue weighted by Gasteiger charge is 2.19. The van der Waals surface area contributed by atoms with E-state index in [1.165, 1.54) is 186 Å². The van der Waals surface area contributed by atoms with E-state index >= 15 is 0 Å². The van der Waals surface area contributed by atoms with Crippen LogP contribution in [0.2, 0.25) is 0 Å². The van der Waals surface area contributed by atoms with Gasteiger partial charge in [0.2, 0.25) is 0 Å². The van der Waals surface area contributed by atoms with Gasteiger partial charge in [0.15, 0.2) is 6.10 Å². The molecule has 0 aromatic rings. The smallest absolute Gasteiger partial charge is 0.306 e. The van der Waals surface area contributed by atoms with Crippen molar-refractivity contribution in [2.75, 3.05) is 13.2 Å². The molecule has 0 aliphatic rings. The van der Waals surface area contributed by atoms with Gasteiger partial charge in [-0.15, -0.1) is 0 Å². The van der Waals surface area contributed by atoms with Crippen molar-refractivity contribution in [1.29, 1.82) is 0 Å². The molecular formula is C73H124O6. The maximum atomic E-state index is 12.9. The van der Waals surface area contributed by atoms with Crippen LogP contribution in [0.3, 0.4) is 0 Å². The van der Waals surface area contributed by atoms with Gasteiger partial charge < -0.3 is 14.2 Å². The molecule has 0 bridgehead atoms. The number of hydrogen-bond donors (Lipinski definition) is 0. The number of hydrogen-bond acceptors (Lipinski definition) is 6. The molecule has 79 heavy (non-hydrogen) atoms. The van der Waals surface area contributed by atoms with Crippen LogP contribution in [-0.2, 0) is 28.6 Å². The van der Waals surface area contributed by atoms with Crippen molar-refractivity contribution in [3.05, 3.63) is 109 Å². The summed E-state index contributed by atoms with van der Waals surface area (Å²) in [5.74, 6) is -0.986. The molecule has 1 atom stereocenters. The Labute approximate surface area is 489 Å². The first-order chi connectivity index (χ1) is 39.0. The summed E-state index contributed by atoms with van der Waals surface area (Å²) in [7, 11) is 0. The fourth-order valence-corrected chi connectivity index (χ4v) is 9.26. The number of carbonyl (C=O) groups is 3. The van der Waals surface area contributed by atoms with E-state index < -0.39 is 6.10 Å². The molecule has 0 aliphatic heterocycles. The van der Waals surface area contributed by atoms with Crippen LogP contribution in [0.1, 0.15) is 316 Å². The largest absolute Gasteiger partial charge is 0.462 e. The average molecular weight is 1100 g/mol. The molecule has 0 aliphatic carbocycles. The highest BCUT2D eigenvalue weighted by atomic mass is 16.6. The van der Waals surface area contributed by atoms with Crippen molar-refractivity contribution in [3.63, 3.8) is 0 Å². The van der Waals surface area contributed by atoms with Crippen molar-refractivity contribution in [1.82, 2.24) is 0 Å². The van der Waals surface area contributed by atoms with Crippen LogP contribution >= 0.6 is 0 Å². The van der Waals surface area contributed by atoms with E-state index in [9.17, 15) is 14.4 Å². The van der Waals surface area contributed by atoms with Crippen LogP contribution in [0.4, 0.5) is 0 Å². The lowest BCUT2D eigenvalue weighted by molar-refractivity contribution is -0.166. The van der Waals surface area contributed by atoms with Gasteiger partial charge in [0, 0.05) is 19.3 Å². The van der Waals surface area contributed by atoms with Gasteiger partial charge in [0.05, 0.1) is 0 Å². The molecule has 0 saturated heterocycles. The molecule has 0 aromatic carbocycles. The van der Waals surface area contributed by atoms with Crippen LogP contribution in [0.5, 0.6) is 0 Å². The molecule has 452 valence electrons. The van der Waals surface area contributed by atoms with Gasteiger partial charge in [-0.25, -0.2) is 0 Å². The summed E-state index contributed by atoms with van der Waals surface area (Å²) >= 11 is 0. The van der Waals surface area contributed by atoms with E-state index in [0.717, 1.165) is 83.5 Å². The molecule has 0 N–H and O–H groups in total. The van der Waals surface area contributed by atoms with Gasteiger partial charge in [-0.2, -0.15) is 0 Å². The summed E-state index contributed by atoms with van der Waals surface area (Å²) in [4.78, 5) is 38.3. The van der Waals surface area contributed by atoms with E-state index in [-0.39, 0.29) is 37.5 Å². The molecule has 0 radical (unpaired) electrons. The molecule has 0 fully saturated rings. The second-order valence-electron chi connectivity index (χ2n) is 22.0. The van der Waals surface area contributed by atoms with Crippen molar-refractivity contribution in [2.24, 2.45) is 0 Å². The third-order valence-electron chi connectivity index (χ3n) is 14.2. The summed E-state index contributed by atoms with van der Waals surface area (Å²) in [5.41, 5.74) is 0. The fraction of sp³-hybridized carbons (Fsp3) is 0.712. The SMILES string of the molecule is CC/C=C\C/C=C\C/C=C\C/C=C\CCC(=O)OCC(COC(=O)CCCCCCCCCCCCCC/C=C\C/C=C\C/C=C\CCCCCCC)OC(=O)CCCCCCCCCCC/C=C\C/C=C\CCCCCCC. The molecular weight excluding hydrogens is 973 g/mol. The first-order valence-corrected chi connectivity index (χ1v) is 33.4. The summed E-state index contributed by atoms with van der Waals surface area (Å²) in [5, 5.41) is 0. The zero-order valence-electron chi connectivity index (χ0n) is 51.9. The predicted octanol–water partition coefficient (Wildman–Crippen LogP) is 23.0. The number of ether oxygens (including phenoxy) is 3. The quantitative estimate of drug-likeness (QED) is 0.0261. The van der Waals surface area contributed by atoms with E-state index in [0.29, 0.717) is 19.3 Å². The van der Waals surface area contributed by atoms with E-state index in [4.69, 9.17) is 14.2 Å². The molecule has 0 rings (SSSR count). The maximum absolute atomic E-state index is 12.9. The van der Waals surface area contributed by atoms with E-state index in [1.807, 2.05) is 6.08 Å². The minimum atomic E-state index is -0.813. The fourth-order valence-electron chi connectivity index (χ4n) is 9.26. The zero-order chi connectivity index (χ0) is 57.1. The minimum absolute atomic E-state index is 0.103. The Morgan fingerprint density at radius 1 is 0.266 bits per heavy atom. The second kappa shape index (κ2) is 66.6. The highest BCUT2D eigenvalue weighted by molar-refractivity contribution is 5.71. The Balaban J connectivity index is 4.34. The lowest BCUT2D eigenvalue weighted by atomic mass is 10.0. The Hall–Kier alpha value is -3.93. The van der Waals surface area contributed by atoms with Crippen molar-refractivity contribution >= 4 is 17.9 Å². The summed E-state index contributed by atoms with van der Waals surface area (Å²) in [6.45, 7) is 6.46.